The van der Waals surface area contributed by atoms with Crippen LogP contribution in [0, 0.1) is 11.8 Å². The Kier molecular flexibility index (Phi) is 5.81. The molecule has 0 saturated heterocycles. The van der Waals surface area contributed by atoms with Gasteiger partial charge in [0.2, 0.25) is 0 Å². The van der Waals surface area contributed by atoms with E-state index in [-0.39, 0.29) is 18.0 Å². The van der Waals surface area contributed by atoms with E-state index in [9.17, 15) is 4.79 Å². The second kappa shape index (κ2) is 6.89. The zero-order valence-electron chi connectivity index (χ0n) is 10.8. The summed E-state index contributed by atoms with van der Waals surface area (Å²) in [5.41, 5.74) is 0. The number of carbonyl (C=O) groups is 1. The van der Waals surface area contributed by atoms with Crippen molar-refractivity contribution in [2.75, 3.05) is 13.1 Å². The van der Waals surface area contributed by atoms with Crippen molar-refractivity contribution in [3.8, 4) is 0 Å². The molecular weight excluding hydrogens is 202 g/mol. The van der Waals surface area contributed by atoms with Crippen molar-refractivity contribution in [3.05, 3.63) is 0 Å². The van der Waals surface area contributed by atoms with Crippen LogP contribution in [-0.2, 0) is 9.53 Å². The van der Waals surface area contributed by atoms with E-state index < -0.39 is 0 Å². The molecule has 0 spiro atoms. The average molecular weight is 227 g/mol. The van der Waals surface area contributed by atoms with Gasteiger partial charge in [0.1, 0.15) is 6.10 Å². The number of hydrogen-bond acceptors (Lipinski definition) is 3. The van der Waals surface area contributed by atoms with Crippen LogP contribution >= 0.6 is 0 Å². The number of rotatable bonds is 5. The molecule has 0 aromatic heterocycles. The summed E-state index contributed by atoms with van der Waals surface area (Å²) in [5, 5.41) is 3.17. The molecule has 0 aromatic rings. The minimum Gasteiger partial charge on any atom is -0.462 e. The van der Waals surface area contributed by atoms with Crippen molar-refractivity contribution in [1.82, 2.24) is 5.32 Å². The van der Waals surface area contributed by atoms with Gasteiger partial charge in [-0.25, -0.2) is 0 Å². The monoisotopic (exact) mass is 227 g/mol. The normalized spacial score (nSPS) is 27.4. The summed E-state index contributed by atoms with van der Waals surface area (Å²) >= 11 is 0. The first-order valence-electron chi connectivity index (χ1n) is 6.54. The van der Waals surface area contributed by atoms with Crippen LogP contribution < -0.4 is 5.32 Å². The lowest BCUT2D eigenvalue weighted by atomic mass is 9.89. The first-order valence-corrected chi connectivity index (χ1v) is 6.54. The van der Waals surface area contributed by atoms with Crippen molar-refractivity contribution < 1.29 is 9.53 Å². The van der Waals surface area contributed by atoms with E-state index in [4.69, 9.17) is 4.74 Å². The van der Waals surface area contributed by atoms with Crippen LogP contribution in [0.1, 0.15) is 46.5 Å². The third kappa shape index (κ3) is 4.52. The maximum Gasteiger partial charge on any atom is 0.310 e. The van der Waals surface area contributed by atoms with Crippen molar-refractivity contribution in [3.63, 3.8) is 0 Å². The highest BCUT2D eigenvalue weighted by Crippen LogP contribution is 2.26. The molecule has 0 aromatic carbocycles. The molecule has 0 amide bonds. The molecule has 0 bridgehead atoms. The van der Waals surface area contributed by atoms with Crippen LogP contribution in [0.15, 0.2) is 0 Å². The Morgan fingerprint density at radius 3 is 2.56 bits per heavy atom. The second-order valence-electron chi connectivity index (χ2n) is 5.03. The molecule has 1 rings (SSSR count). The van der Waals surface area contributed by atoms with Gasteiger partial charge in [0.05, 0.1) is 5.92 Å². The molecular formula is C13H25NO2. The molecule has 0 heterocycles. The Bertz CT molecular complexity index is 210. The summed E-state index contributed by atoms with van der Waals surface area (Å²) in [5.74, 6) is 0.730. The highest BCUT2D eigenvalue weighted by atomic mass is 16.5. The number of ether oxygens (including phenoxy) is 1. The van der Waals surface area contributed by atoms with Gasteiger partial charge in [-0.2, -0.15) is 0 Å². The Labute approximate surface area is 98.9 Å². The van der Waals surface area contributed by atoms with Crippen molar-refractivity contribution >= 4 is 5.97 Å². The fourth-order valence-electron chi connectivity index (χ4n) is 2.07. The number of esters is 1. The van der Waals surface area contributed by atoms with E-state index in [2.05, 4.69) is 12.2 Å². The van der Waals surface area contributed by atoms with Crippen LogP contribution in [0.4, 0.5) is 0 Å². The SMILES string of the molecule is CCNCC(C)C(=O)OC1CCC(C)CC1. The van der Waals surface area contributed by atoms with Gasteiger partial charge in [0, 0.05) is 6.54 Å². The van der Waals surface area contributed by atoms with Crippen LogP contribution in [0.2, 0.25) is 0 Å². The lowest BCUT2D eigenvalue weighted by Gasteiger charge is -2.27. The maximum absolute atomic E-state index is 11.7. The van der Waals surface area contributed by atoms with Gasteiger partial charge in [0.15, 0.2) is 0 Å². The second-order valence-corrected chi connectivity index (χ2v) is 5.03. The third-order valence-corrected chi connectivity index (χ3v) is 3.35. The van der Waals surface area contributed by atoms with Gasteiger partial charge in [-0.3, -0.25) is 4.79 Å². The van der Waals surface area contributed by atoms with Crippen molar-refractivity contribution in [2.24, 2.45) is 11.8 Å². The molecule has 3 heteroatoms. The topological polar surface area (TPSA) is 38.3 Å². The minimum atomic E-state index is -0.0412. The molecule has 16 heavy (non-hydrogen) atoms. The average Bonchev–Trinajstić information content (AvgIpc) is 2.29. The zero-order valence-corrected chi connectivity index (χ0v) is 10.8. The quantitative estimate of drug-likeness (QED) is 0.733. The lowest BCUT2D eigenvalue weighted by molar-refractivity contribution is -0.155. The predicted octanol–water partition coefficient (Wildman–Crippen LogP) is 2.35. The van der Waals surface area contributed by atoms with Crippen LogP contribution in [-0.4, -0.2) is 25.2 Å². The highest BCUT2D eigenvalue weighted by Gasteiger charge is 2.23. The van der Waals surface area contributed by atoms with E-state index in [0.717, 1.165) is 31.8 Å². The molecule has 1 unspecified atom stereocenters. The Balaban J connectivity index is 2.22. The van der Waals surface area contributed by atoms with Crippen molar-refractivity contribution in [1.29, 1.82) is 0 Å². The van der Waals surface area contributed by atoms with E-state index in [1.54, 1.807) is 0 Å². The Hall–Kier alpha value is -0.570. The lowest BCUT2D eigenvalue weighted by Crippen LogP contribution is -2.31. The van der Waals surface area contributed by atoms with Gasteiger partial charge in [-0.05, 0) is 38.1 Å². The standard InChI is InChI=1S/C13H25NO2/c1-4-14-9-11(3)13(15)16-12-7-5-10(2)6-8-12/h10-12,14H,4-9H2,1-3H3. The first-order chi connectivity index (χ1) is 7.63. The summed E-state index contributed by atoms with van der Waals surface area (Å²) in [6.45, 7) is 7.86. The van der Waals surface area contributed by atoms with E-state index in [0.29, 0.717) is 0 Å². The summed E-state index contributed by atoms with van der Waals surface area (Å²) in [6.07, 6.45) is 4.65. The maximum atomic E-state index is 11.7. The van der Waals surface area contributed by atoms with Gasteiger partial charge in [-0.15, -0.1) is 0 Å². The molecule has 0 radical (unpaired) electrons. The van der Waals surface area contributed by atoms with Crippen LogP contribution in [0.5, 0.6) is 0 Å². The van der Waals surface area contributed by atoms with Gasteiger partial charge in [-0.1, -0.05) is 20.8 Å². The first kappa shape index (κ1) is 13.5. The fourth-order valence-corrected chi connectivity index (χ4v) is 2.07. The fraction of sp³-hybridized carbons (Fsp3) is 0.923. The summed E-state index contributed by atoms with van der Waals surface area (Å²) in [6, 6.07) is 0. The molecule has 1 fully saturated rings. The summed E-state index contributed by atoms with van der Waals surface area (Å²) in [4.78, 5) is 11.7. The van der Waals surface area contributed by atoms with Gasteiger partial charge >= 0.3 is 5.97 Å². The van der Waals surface area contributed by atoms with Gasteiger partial charge in [0.25, 0.3) is 0 Å². The van der Waals surface area contributed by atoms with Crippen molar-refractivity contribution in [2.45, 2.75) is 52.6 Å². The smallest absolute Gasteiger partial charge is 0.310 e. The molecule has 1 saturated carbocycles. The number of hydrogen-bond donors (Lipinski definition) is 1. The highest BCUT2D eigenvalue weighted by molar-refractivity contribution is 5.72. The molecule has 0 aliphatic heterocycles. The molecule has 3 nitrogen and oxygen atoms in total. The molecule has 1 aliphatic rings. The van der Waals surface area contributed by atoms with E-state index in [1.165, 1.54) is 12.8 Å². The third-order valence-electron chi connectivity index (χ3n) is 3.35. The zero-order chi connectivity index (χ0) is 12.0. The van der Waals surface area contributed by atoms with E-state index >= 15 is 0 Å². The predicted molar refractivity (Wildman–Crippen MR) is 65.2 cm³/mol. The summed E-state index contributed by atoms with van der Waals surface area (Å²) < 4.78 is 5.52. The largest absolute Gasteiger partial charge is 0.462 e. The molecule has 94 valence electrons. The van der Waals surface area contributed by atoms with Crippen LogP contribution in [0.3, 0.4) is 0 Å². The molecule has 1 aliphatic carbocycles. The molecule has 1 N–H and O–H groups in total. The summed E-state index contributed by atoms with van der Waals surface area (Å²) in [7, 11) is 0. The Morgan fingerprint density at radius 2 is 2.00 bits per heavy atom. The van der Waals surface area contributed by atoms with Crippen LogP contribution in [0.25, 0.3) is 0 Å². The minimum absolute atomic E-state index is 0.0284. The number of nitrogens with one attached hydrogen (secondary N) is 1. The molecule has 1 atom stereocenters. The Morgan fingerprint density at radius 1 is 1.38 bits per heavy atom. The van der Waals surface area contributed by atoms with Gasteiger partial charge < -0.3 is 10.1 Å². The number of carbonyl (C=O) groups excluding carboxylic acids is 1. The van der Waals surface area contributed by atoms with E-state index in [1.807, 2.05) is 13.8 Å².